The SMILES string of the molecule is CC(C)OC(=O)CC[C@@H](C)C1CCC2C3C(CC[C@@]21C)[C@@]1(C)CC[C@H](NCCCN(C)CCCN)CC1C[C@@H]3O. The molecule has 232 valence electrons. The first-order valence-electron chi connectivity index (χ1n) is 17.0. The van der Waals surface area contributed by atoms with E-state index < -0.39 is 0 Å². The molecule has 0 aliphatic heterocycles. The Labute approximate surface area is 245 Å². The van der Waals surface area contributed by atoms with Crippen LogP contribution < -0.4 is 11.1 Å². The van der Waals surface area contributed by atoms with Gasteiger partial charge in [-0.25, -0.2) is 0 Å². The van der Waals surface area contributed by atoms with Gasteiger partial charge in [0.1, 0.15) is 0 Å². The third-order valence-corrected chi connectivity index (χ3v) is 12.5. The van der Waals surface area contributed by atoms with E-state index in [1.165, 1.54) is 51.4 Å². The molecule has 0 saturated heterocycles. The number of esters is 1. The second-order valence-corrected chi connectivity index (χ2v) is 15.3. The highest BCUT2D eigenvalue weighted by atomic mass is 16.5. The molecule has 0 radical (unpaired) electrons. The summed E-state index contributed by atoms with van der Waals surface area (Å²) in [5.74, 6) is 3.50. The first kappa shape index (κ1) is 32.2. The highest BCUT2D eigenvalue weighted by Gasteiger charge is 2.62. The molecule has 4 fully saturated rings. The summed E-state index contributed by atoms with van der Waals surface area (Å²) in [5, 5.41) is 15.6. The van der Waals surface area contributed by atoms with Crippen LogP contribution in [0.25, 0.3) is 0 Å². The lowest BCUT2D eigenvalue weighted by Gasteiger charge is -2.62. The number of aliphatic hydroxyl groups excluding tert-OH is 1. The molecule has 4 N–H and O–H groups in total. The molecule has 0 aromatic carbocycles. The molecule has 4 saturated carbocycles. The van der Waals surface area contributed by atoms with Crippen LogP contribution in [0.3, 0.4) is 0 Å². The number of nitrogens with two attached hydrogens (primary N) is 1. The molecule has 10 atom stereocenters. The number of hydrogen-bond acceptors (Lipinski definition) is 6. The van der Waals surface area contributed by atoms with Gasteiger partial charge in [0, 0.05) is 12.5 Å². The summed E-state index contributed by atoms with van der Waals surface area (Å²) < 4.78 is 5.42. The first-order chi connectivity index (χ1) is 19.0. The fourth-order valence-corrected chi connectivity index (χ4v) is 10.4. The molecule has 6 heteroatoms. The van der Waals surface area contributed by atoms with Gasteiger partial charge < -0.3 is 25.8 Å². The molecule has 4 aliphatic rings. The second-order valence-electron chi connectivity index (χ2n) is 15.3. The Bertz CT molecular complexity index is 822. The number of fused-ring (bicyclic) bond motifs is 5. The number of nitrogens with one attached hydrogen (secondary N) is 1. The van der Waals surface area contributed by atoms with Crippen molar-refractivity contribution < 1.29 is 14.6 Å². The van der Waals surface area contributed by atoms with Crippen molar-refractivity contribution in [3.63, 3.8) is 0 Å². The summed E-state index contributed by atoms with van der Waals surface area (Å²) >= 11 is 0. The lowest BCUT2D eigenvalue weighted by molar-refractivity contribution is -0.167. The van der Waals surface area contributed by atoms with Crippen LogP contribution >= 0.6 is 0 Å². The highest BCUT2D eigenvalue weighted by Crippen LogP contribution is 2.68. The third kappa shape index (κ3) is 6.92. The van der Waals surface area contributed by atoms with Crippen LogP contribution in [0.4, 0.5) is 0 Å². The van der Waals surface area contributed by atoms with Gasteiger partial charge in [0.2, 0.25) is 0 Å². The van der Waals surface area contributed by atoms with Gasteiger partial charge in [0.05, 0.1) is 12.2 Å². The summed E-state index contributed by atoms with van der Waals surface area (Å²) in [7, 11) is 2.20. The molecule has 0 bridgehead atoms. The van der Waals surface area contributed by atoms with Crippen LogP contribution in [0.2, 0.25) is 0 Å². The lowest BCUT2D eigenvalue weighted by Crippen LogP contribution is -2.59. The minimum absolute atomic E-state index is 0.0334. The fourth-order valence-electron chi connectivity index (χ4n) is 10.4. The third-order valence-electron chi connectivity index (χ3n) is 12.5. The van der Waals surface area contributed by atoms with Crippen molar-refractivity contribution >= 4 is 5.97 Å². The fraction of sp³-hybridized carbons (Fsp3) is 0.971. The van der Waals surface area contributed by atoms with E-state index in [0.717, 1.165) is 45.4 Å². The Morgan fingerprint density at radius 1 is 1.02 bits per heavy atom. The van der Waals surface area contributed by atoms with Crippen LogP contribution in [0.1, 0.15) is 112 Å². The first-order valence-corrected chi connectivity index (χ1v) is 17.0. The van der Waals surface area contributed by atoms with Crippen LogP contribution in [-0.2, 0) is 9.53 Å². The zero-order valence-electron chi connectivity index (χ0n) is 26.8. The number of ether oxygens (including phenoxy) is 1. The second kappa shape index (κ2) is 13.7. The number of carbonyl (C=O) groups excluding carboxylic acids is 1. The van der Waals surface area contributed by atoms with E-state index in [0.29, 0.717) is 58.8 Å². The van der Waals surface area contributed by atoms with Gasteiger partial charge in [-0.1, -0.05) is 20.8 Å². The molecule has 0 spiro atoms. The van der Waals surface area contributed by atoms with Crippen LogP contribution in [-0.4, -0.2) is 67.5 Å². The Hall–Kier alpha value is -0.690. The van der Waals surface area contributed by atoms with E-state index >= 15 is 0 Å². The van der Waals surface area contributed by atoms with Crippen LogP contribution in [0.15, 0.2) is 0 Å². The standard InChI is InChI=1S/C34H63N3O3/c1-23(2)40-31(39)12-9-24(3)27-10-11-28-32-29(14-16-34(27,28)5)33(4)15-13-26(21-25(33)22-30(32)38)36-18-8-20-37(6)19-7-17-35/h23-30,32,36,38H,7-22,35H2,1-6H3/t24-,25?,26+,27?,28?,29?,30+,32?,33+,34-/m1/s1. The molecule has 0 amide bonds. The molecule has 40 heavy (non-hydrogen) atoms. The van der Waals surface area contributed by atoms with Crippen LogP contribution in [0, 0.1) is 46.3 Å². The minimum Gasteiger partial charge on any atom is -0.463 e. The molecule has 0 aromatic heterocycles. The maximum Gasteiger partial charge on any atom is 0.306 e. The summed E-state index contributed by atoms with van der Waals surface area (Å²) in [6, 6.07) is 0.601. The zero-order valence-corrected chi connectivity index (χ0v) is 26.8. The van der Waals surface area contributed by atoms with Crippen molar-refractivity contribution in [1.82, 2.24) is 10.2 Å². The van der Waals surface area contributed by atoms with Gasteiger partial charge >= 0.3 is 5.97 Å². The molecule has 5 unspecified atom stereocenters. The number of aliphatic hydroxyl groups is 1. The van der Waals surface area contributed by atoms with Gasteiger partial charge in [0.15, 0.2) is 0 Å². The Morgan fingerprint density at radius 3 is 2.45 bits per heavy atom. The van der Waals surface area contributed by atoms with Crippen LogP contribution in [0.5, 0.6) is 0 Å². The summed E-state index contributed by atoms with van der Waals surface area (Å²) in [4.78, 5) is 14.6. The van der Waals surface area contributed by atoms with Crippen molar-refractivity contribution in [2.45, 2.75) is 130 Å². The summed E-state index contributed by atoms with van der Waals surface area (Å²) in [6.07, 6.45) is 13.4. The number of carbonyl (C=O) groups is 1. The average Bonchev–Trinajstić information content (AvgIpc) is 3.26. The van der Waals surface area contributed by atoms with Crippen molar-refractivity contribution in [2.24, 2.45) is 52.1 Å². The Morgan fingerprint density at radius 2 is 1.73 bits per heavy atom. The van der Waals surface area contributed by atoms with Gasteiger partial charge in [0.25, 0.3) is 0 Å². The van der Waals surface area contributed by atoms with Crippen molar-refractivity contribution in [2.75, 3.05) is 33.2 Å². The Balaban J connectivity index is 1.32. The maximum atomic E-state index is 12.2. The highest BCUT2D eigenvalue weighted by molar-refractivity contribution is 5.69. The van der Waals surface area contributed by atoms with E-state index in [1.54, 1.807) is 0 Å². The average molecular weight is 562 g/mol. The van der Waals surface area contributed by atoms with E-state index in [9.17, 15) is 9.90 Å². The number of nitrogens with zero attached hydrogens (tertiary/aromatic N) is 1. The summed E-state index contributed by atoms with van der Waals surface area (Å²) in [5.41, 5.74) is 6.32. The normalized spacial score (nSPS) is 40.0. The van der Waals surface area contributed by atoms with Gasteiger partial charge in [-0.3, -0.25) is 4.79 Å². The number of hydrogen-bond donors (Lipinski definition) is 3. The monoisotopic (exact) mass is 561 g/mol. The van der Waals surface area contributed by atoms with Crippen molar-refractivity contribution in [3.8, 4) is 0 Å². The van der Waals surface area contributed by atoms with E-state index in [2.05, 4.69) is 38.0 Å². The molecule has 4 rings (SSSR count). The van der Waals surface area contributed by atoms with Gasteiger partial charge in [-0.15, -0.1) is 0 Å². The summed E-state index contributed by atoms with van der Waals surface area (Å²) in [6.45, 7) is 15.5. The van der Waals surface area contributed by atoms with Crippen molar-refractivity contribution in [1.29, 1.82) is 0 Å². The predicted molar refractivity (Wildman–Crippen MR) is 164 cm³/mol. The lowest BCUT2D eigenvalue weighted by atomic mass is 9.43. The molecule has 0 aromatic rings. The molecular formula is C34H63N3O3. The smallest absolute Gasteiger partial charge is 0.306 e. The van der Waals surface area contributed by atoms with E-state index in [4.69, 9.17) is 10.5 Å². The predicted octanol–water partition coefficient (Wildman–Crippen LogP) is 5.61. The molecule has 0 heterocycles. The zero-order chi connectivity index (χ0) is 29.1. The van der Waals surface area contributed by atoms with Crippen molar-refractivity contribution in [3.05, 3.63) is 0 Å². The van der Waals surface area contributed by atoms with Gasteiger partial charge in [-0.2, -0.15) is 0 Å². The van der Waals surface area contributed by atoms with Gasteiger partial charge in [-0.05, 0) is 164 Å². The largest absolute Gasteiger partial charge is 0.463 e. The van der Waals surface area contributed by atoms with E-state index in [1.807, 2.05) is 13.8 Å². The minimum atomic E-state index is -0.155. The maximum absolute atomic E-state index is 12.2. The molecular weight excluding hydrogens is 498 g/mol. The molecule has 6 nitrogen and oxygen atoms in total. The van der Waals surface area contributed by atoms with E-state index in [-0.39, 0.29) is 18.2 Å². The quantitative estimate of drug-likeness (QED) is 0.200. The Kier molecular flexibility index (Phi) is 11.1. The number of rotatable bonds is 13. The topological polar surface area (TPSA) is 87.8 Å². The molecule has 4 aliphatic carbocycles.